The summed E-state index contributed by atoms with van der Waals surface area (Å²) in [7, 11) is 4.10. The molecule has 2 heterocycles. The van der Waals surface area contributed by atoms with E-state index in [1.807, 2.05) is 0 Å². The van der Waals surface area contributed by atoms with Crippen LogP contribution in [0.5, 0.6) is 5.75 Å². The largest absolute Gasteiger partial charge is 0.508 e. The van der Waals surface area contributed by atoms with Crippen LogP contribution < -0.4 is 10.6 Å². The van der Waals surface area contributed by atoms with E-state index in [0.29, 0.717) is 27.9 Å². The first-order chi connectivity index (χ1) is 15.3. The number of halogens is 1. The molecule has 2 amide bonds. The number of phenols is 1. The Morgan fingerprint density at radius 1 is 1.12 bits per heavy atom. The lowest BCUT2D eigenvalue weighted by Crippen LogP contribution is -2.35. The highest BCUT2D eigenvalue weighted by molar-refractivity contribution is 6.30. The molecule has 0 unspecified atom stereocenters. The number of fused-ring (bicyclic) bond motifs is 1. The van der Waals surface area contributed by atoms with Crippen molar-refractivity contribution in [2.45, 2.75) is 31.7 Å². The molecular weight excluding hydrogens is 432 g/mol. The van der Waals surface area contributed by atoms with Gasteiger partial charge in [0, 0.05) is 23.5 Å². The van der Waals surface area contributed by atoms with Gasteiger partial charge in [-0.05, 0) is 70.1 Å². The topological polar surface area (TPSA) is 108 Å². The zero-order valence-electron chi connectivity index (χ0n) is 17.9. The monoisotopic (exact) mass is 456 g/mol. The third kappa shape index (κ3) is 4.71. The predicted molar refractivity (Wildman–Crippen MR) is 123 cm³/mol. The standard InChI is InChI=1S/C23H25ClN4O4/c1-28(2)15-6-3-13(4-7-15)22(30)27-20-17-11-16(29)8-9-18(17)32-21(20)23(31)26-19-10-5-14(24)12-25-19/h5,8-13,15,29H,3-4,6-7H2,1-2H3,(H,27,30)(H,25,26,31)/t13-,15-. The molecule has 3 N–H and O–H groups in total. The maximum absolute atomic E-state index is 13.1. The number of aromatic nitrogens is 1. The number of amides is 2. The van der Waals surface area contributed by atoms with Gasteiger partial charge < -0.3 is 25.1 Å². The van der Waals surface area contributed by atoms with E-state index in [-0.39, 0.29) is 29.0 Å². The Balaban J connectivity index is 1.59. The summed E-state index contributed by atoms with van der Waals surface area (Å²) in [4.78, 5) is 32.3. The number of hydrogen-bond acceptors (Lipinski definition) is 6. The summed E-state index contributed by atoms with van der Waals surface area (Å²) < 4.78 is 5.75. The van der Waals surface area contributed by atoms with Crippen LogP contribution in [-0.2, 0) is 4.79 Å². The first-order valence-electron chi connectivity index (χ1n) is 10.5. The summed E-state index contributed by atoms with van der Waals surface area (Å²) in [6.45, 7) is 0. The third-order valence-corrected chi connectivity index (χ3v) is 6.12. The van der Waals surface area contributed by atoms with Crippen molar-refractivity contribution >= 4 is 45.9 Å². The van der Waals surface area contributed by atoms with Crippen LogP contribution in [0.15, 0.2) is 40.9 Å². The second kappa shape index (κ2) is 9.18. The van der Waals surface area contributed by atoms with E-state index in [0.717, 1.165) is 25.7 Å². The fraction of sp³-hybridized carbons (Fsp3) is 0.348. The number of anilines is 2. The molecule has 4 rings (SSSR count). The minimum Gasteiger partial charge on any atom is -0.508 e. The molecule has 3 aromatic rings. The molecule has 0 radical (unpaired) electrons. The Bertz CT molecular complexity index is 1130. The van der Waals surface area contributed by atoms with E-state index >= 15 is 0 Å². The number of aromatic hydroxyl groups is 1. The van der Waals surface area contributed by atoms with E-state index < -0.39 is 5.91 Å². The van der Waals surface area contributed by atoms with Gasteiger partial charge in [-0.3, -0.25) is 9.59 Å². The lowest BCUT2D eigenvalue weighted by Gasteiger charge is -2.31. The van der Waals surface area contributed by atoms with Crippen molar-refractivity contribution < 1.29 is 19.1 Å². The quantitative estimate of drug-likeness (QED) is 0.521. The maximum atomic E-state index is 13.1. The first kappa shape index (κ1) is 22.1. The Hall–Kier alpha value is -3.10. The summed E-state index contributed by atoms with van der Waals surface area (Å²) in [5.74, 6) is -0.636. The van der Waals surface area contributed by atoms with E-state index in [4.69, 9.17) is 16.0 Å². The van der Waals surface area contributed by atoms with Crippen LogP contribution in [0.4, 0.5) is 11.5 Å². The summed E-state index contributed by atoms with van der Waals surface area (Å²) in [5.41, 5.74) is 0.616. The van der Waals surface area contributed by atoms with Crippen LogP contribution in [0.1, 0.15) is 36.2 Å². The van der Waals surface area contributed by atoms with Crippen molar-refractivity contribution in [2.24, 2.45) is 5.92 Å². The molecule has 0 spiro atoms. The van der Waals surface area contributed by atoms with Crippen LogP contribution in [0.3, 0.4) is 0 Å². The molecular formula is C23H25ClN4O4. The second-order valence-corrected chi connectivity index (χ2v) is 8.70. The van der Waals surface area contributed by atoms with Gasteiger partial charge in [0.1, 0.15) is 22.8 Å². The summed E-state index contributed by atoms with van der Waals surface area (Å²) >= 11 is 5.85. The molecule has 32 heavy (non-hydrogen) atoms. The fourth-order valence-corrected chi connectivity index (χ4v) is 4.18. The van der Waals surface area contributed by atoms with Crippen molar-refractivity contribution in [2.75, 3.05) is 24.7 Å². The highest BCUT2D eigenvalue weighted by Crippen LogP contribution is 2.35. The molecule has 168 valence electrons. The van der Waals surface area contributed by atoms with Crippen molar-refractivity contribution in [3.05, 3.63) is 47.3 Å². The minimum absolute atomic E-state index is 0.00613. The summed E-state index contributed by atoms with van der Waals surface area (Å²) in [6, 6.07) is 8.12. The van der Waals surface area contributed by atoms with Crippen LogP contribution in [0.25, 0.3) is 11.0 Å². The zero-order valence-corrected chi connectivity index (χ0v) is 18.6. The number of rotatable bonds is 5. The number of carbonyl (C=O) groups is 2. The predicted octanol–water partition coefficient (Wildman–Crippen LogP) is 4.50. The number of hydrogen-bond donors (Lipinski definition) is 3. The van der Waals surface area contributed by atoms with E-state index in [1.165, 1.54) is 18.3 Å². The first-order valence-corrected chi connectivity index (χ1v) is 10.9. The van der Waals surface area contributed by atoms with Crippen molar-refractivity contribution in [3.63, 3.8) is 0 Å². The molecule has 9 heteroatoms. The molecule has 1 aliphatic rings. The Morgan fingerprint density at radius 3 is 2.53 bits per heavy atom. The van der Waals surface area contributed by atoms with Crippen molar-refractivity contribution in [1.29, 1.82) is 0 Å². The molecule has 8 nitrogen and oxygen atoms in total. The Kier molecular flexibility index (Phi) is 6.34. The van der Waals surface area contributed by atoms with E-state index in [1.54, 1.807) is 18.2 Å². The summed E-state index contributed by atoms with van der Waals surface area (Å²) in [5, 5.41) is 16.4. The van der Waals surface area contributed by atoms with Gasteiger partial charge in [-0.1, -0.05) is 11.6 Å². The van der Waals surface area contributed by atoms with E-state index in [9.17, 15) is 14.7 Å². The lowest BCUT2D eigenvalue weighted by molar-refractivity contribution is -0.121. The molecule has 1 aliphatic carbocycles. The molecule has 0 saturated heterocycles. The number of phenolic OH excluding ortho intramolecular Hbond substituents is 1. The van der Waals surface area contributed by atoms with Crippen LogP contribution in [0.2, 0.25) is 5.02 Å². The Labute approximate surface area is 190 Å². The van der Waals surface area contributed by atoms with Gasteiger partial charge in [-0.25, -0.2) is 4.98 Å². The lowest BCUT2D eigenvalue weighted by atomic mass is 9.85. The number of pyridine rings is 1. The number of nitrogens with zero attached hydrogens (tertiary/aromatic N) is 2. The van der Waals surface area contributed by atoms with Gasteiger partial charge in [0.25, 0.3) is 5.91 Å². The number of benzene rings is 1. The number of nitrogens with one attached hydrogen (secondary N) is 2. The summed E-state index contributed by atoms with van der Waals surface area (Å²) in [6.07, 6.45) is 4.83. The number of furan rings is 1. The van der Waals surface area contributed by atoms with Crippen molar-refractivity contribution in [3.8, 4) is 5.75 Å². The van der Waals surface area contributed by atoms with Crippen LogP contribution in [0, 0.1) is 5.92 Å². The fourth-order valence-electron chi connectivity index (χ4n) is 4.07. The van der Waals surface area contributed by atoms with Crippen LogP contribution in [-0.4, -0.2) is 46.9 Å². The molecule has 0 bridgehead atoms. The van der Waals surface area contributed by atoms with Gasteiger partial charge in [0.2, 0.25) is 11.7 Å². The molecule has 1 aromatic carbocycles. The average molecular weight is 457 g/mol. The molecule has 0 atom stereocenters. The van der Waals surface area contributed by atoms with Crippen LogP contribution >= 0.6 is 11.6 Å². The molecule has 1 saturated carbocycles. The van der Waals surface area contributed by atoms with Gasteiger partial charge in [0.05, 0.1) is 5.02 Å². The Morgan fingerprint density at radius 2 is 1.88 bits per heavy atom. The maximum Gasteiger partial charge on any atom is 0.294 e. The van der Waals surface area contributed by atoms with Gasteiger partial charge in [-0.15, -0.1) is 0 Å². The van der Waals surface area contributed by atoms with Gasteiger partial charge in [-0.2, -0.15) is 0 Å². The zero-order chi connectivity index (χ0) is 22.8. The van der Waals surface area contributed by atoms with Gasteiger partial charge >= 0.3 is 0 Å². The van der Waals surface area contributed by atoms with Crippen molar-refractivity contribution in [1.82, 2.24) is 9.88 Å². The molecule has 0 aliphatic heterocycles. The molecule has 1 fully saturated rings. The van der Waals surface area contributed by atoms with Gasteiger partial charge in [0.15, 0.2) is 0 Å². The highest BCUT2D eigenvalue weighted by atomic mass is 35.5. The smallest absolute Gasteiger partial charge is 0.294 e. The molecule has 2 aromatic heterocycles. The third-order valence-electron chi connectivity index (χ3n) is 5.89. The normalized spacial score (nSPS) is 18.6. The average Bonchev–Trinajstić information content (AvgIpc) is 3.13. The highest BCUT2D eigenvalue weighted by Gasteiger charge is 2.30. The second-order valence-electron chi connectivity index (χ2n) is 8.26. The minimum atomic E-state index is -0.567. The number of carbonyl (C=O) groups excluding carboxylic acids is 2. The SMILES string of the molecule is CN(C)[C@H]1CC[C@H](C(=O)Nc2c(C(=O)Nc3ccc(Cl)cn3)oc3ccc(O)cc23)CC1. The van der Waals surface area contributed by atoms with E-state index in [2.05, 4.69) is 34.6 Å².